The van der Waals surface area contributed by atoms with Gasteiger partial charge in [-0.1, -0.05) is 24.8 Å². The molecule has 9 heteroatoms. The summed E-state index contributed by atoms with van der Waals surface area (Å²) in [4.78, 5) is 24.5. The molecule has 0 atom stereocenters. The number of furan rings is 1. The van der Waals surface area contributed by atoms with Crippen LogP contribution in [0, 0.1) is 6.92 Å². The first-order valence-corrected chi connectivity index (χ1v) is 12.4. The first-order valence-electron chi connectivity index (χ1n) is 11.0. The second-order valence-corrected chi connectivity index (χ2v) is 10.6. The Morgan fingerprint density at radius 1 is 1.09 bits per heavy atom. The molecule has 178 valence electrons. The highest BCUT2D eigenvalue weighted by Crippen LogP contribution is 2.28. The van der Waals surface area contributed by atoms with Crippen molar-refractivity contribution in [3.05, 3.63) is 72.5 Å². The van der Waals surface area contributed by atoms with Gasteiger partial charge in [0, 0.05) is 35.3 Å². The summed E-state index contributed by atoms with van der Waals surface area (Å²) in [6.45, 7) is 7.77. The van der Waals surface area contributed by atoms with E-state index < -0.39 is 21.5 Å². The minimum absolute atomic E-state index is 0.143. The molecule has 0 radical (unpaired) electrons. The zero-order chi connectivity index (χ0) is 24.5. The molecule has 0 spiro atoms. The molecule has 4 rings (SSSR count). The third kappa shape index (κ3) is 4.62. The molecule has 0 unspecified atom stereocenters. The average Bonchev–Trinajstić information content (AvgIpc) is 3.16. The number of rotatable bonds is 6. The summed E-state index contributed by atoms with van der Waals surface area (Å²) in [5, 5.41) is 6.52. The lowest BCUT2D eigenvalue weighted by molar-refractivity contribution is -0.118. The molecule has 8 nitrogen and oxygen atoms in total. The first kappa shape index (κ1) is 23.7. The minimum atomic E-state index is -3.70. The zero-order valence-electron chi connectivity index (χ0n) is 19.1. The first-order chi connectivity index (χ1) is 16.1. The monoisotopic (exact) mass is 481 g/mol. The zero-order valence-corrected chi connectivity index (χ0v) is 19.9. The summed E-state index contributed by atoms with van der Waals surface area (Å²) in [5.41, 5.74) is 1.37. The van der Waals surface area contributed by atoms with Crippen LogP contribution in [0.1, 0.15) is 35.9 Å². The van der Waals surface area contributed by atoms with E-state index in [0.29, 0.717) is 37.2 Å². The van der Waals surface area contributed by atoms with Crippen molar-refractivity contribution in [3.8, 4) is 0 Å². The van der Waals surface area contributed by atoms with Gasteiger partial charge in [0.2, 0.25) is 15.9 Å². The van der Waals surface area contributed by atoms with E-state index in [1.807, 2.05) is 32.0 Å². The topological polar surface area (TPSA) is 109 Å². The van der Waals surface area contributed by atoms with E-state index in [0.717, 1.165) is 10.9 Å². The Morgan fingerprint density at radius 2 is 1.74 bits per heavy atom. The number of sulfonamides is 1. The largest absolute Gasteiger partial charge is 0.451 e. The lowest BCUT2D eigenvalue weighted by Gasteiger charge is -2.39. The second kappa shape index (κ2) is 9.08. The number of benzene rings is 2. The van der Waals surface area contributed by atoms with Gasteiger partial charge in [-0.3, -0.25) is 9.59 Å². The van der Waals surface area contributed by atoms with E-state index in [9.17, 15) is 18.0 Å². The van der Waals surface area contributed by atoms with Gasteiger partial charge in [0.1, 0.15) is 5.58 Å². The molecular weight excluding hydrogens is 454 g/mol. The molecule has 1 fully saturated rings. The molecule has 2 heterocycles. The fourth-order valence-corrected chi connectivity index (χ4v) is 5.57. The Labute approximate surface area is 198 Å². The van der Waals surface area contributed by atoms with Crippen molar-refractivity contribution in [2.75, 3.05) is 18.4 Å². The third-order valence-corrected chi connectivity index (χ3v) is 8.15. The van der Waals surface area contributed by atoms with E-state index in [4.69, 9.17) is 4.42 Å². The number of hydrogen-bond donors (Lipinski definition) is 2. The highest BCUT2D eigenvalue weighted by molar-refractivity contribution is 7.89. The number of hydrogen-bond acceptors (Lipinski definition) is 5. The molecule has 3 aromatic rings. The molecule has 1 aliphatic heterocycles. The number of amides is 2. The standard InChI is InChI=1S/C25H27N3O5S/c1-4-22(29)27-25(3)13-15-28(16-14-25)34(31,32)19-11-9-18(10-12-19)26-24(30)23-17(2)20-7-5-6-8-21(20)33-23/h4-12H,1,13-16H2,2-3H3,(H,26,30)(H,27,29). The van der Waals surface area contributed by atoms with Gasteiger partial charge in [-0.2, -0.15) is 4.31 Å². The lowest BCUT2D eigenvalue weighted by atomic mass is 9.90. The minimum Gasteiger partial charge on any atom is -0.451 e. The van der Waals surface area contributed by atoms with Gasteiger partial charge in [-0.15, -0.1) is 0 Å². The summed E-state index contributed by atoms with van der Waals surface area (Å²) in [7, 11) is -3.70. The smallest absolute Gasteiger partial charge is 0.291 e. The molecule has 1 saturated heterocycles. The molecule has 34 heavy (non-hydrogen) atoms. The summed E-state index contributed by atoms with van der Waals surface area (Å²) < 4.78 is 33.3. The number of nitrogens with zero attached hydrogens (tertiary/aromatic N) is 1. The summed E-state index contributed by atoms with van der Waals surface area (Å²) in [5.74, 6) is -0.451. The number of piperidine rings is 1. The number of carbonyl (C=O) groups is 2. The SMILES string of the molecule is C=CC(=O)NC1(C)CCN(S(=O)(=O)c2ccc(NC(=O)c3oc4ccccc4c3C)cc2)CC1. The second-order valence-electron chi connectivity index (χ2n) is 8.69. The van der Waals surface area contributed by atoms with Crippen molar-refractivity contribution in [1.29, 1.82) is 0 Å². The van der Waals surface area contributed by atoms with Crippen LogP contribution in [0.5, 0.6) is 0 Å². The van der Waals surface area contributed by atoms with Gasteiger partial charge in [0.05, 0.1) is 4.90 Å². The van der Waals surface area contributed by atoms with Crippen molar-refractivity contribution >= 4 is 38.5 Å². The van der Waals surface area contributed by atoms with Gasteiger partial charge in [-0.05, 0) is 63.1 Å². The number of nitrogens with one attached hydrogen (secondary N) is 2. The maximum atomic E-state index is 13.1. The van der Waals surface area contributed by atoms with E-state index in [1.165, 1.54) is 22.5 Å². The molecule has 2 amide bonds. The Bertz CT molecular complexity index is 1350. The van der Waals surface area contributed by atoms with Gasteiger partial charge < -0.3 is 15.1 Å². The highest BCUT2D eigenvalue weighted by Gasteiger charge is 2.36. The molecule has 0 aliphatic carbocycles. The van der Waals surface area contributed by atoms with Crippen LogP contribution in [0.15, 0.2) is 70.5 Å². The van der Waals surface area contributed by atoms with Crippen LogP contribution in [-0.2, 0) is 14.8 Å². The molecule has 2 N–H and O–H groups in total. The fourth-order valence-electron chi connectivity index (χ4n) is 4.13. The third-order valence-electron chi connectivity index (χ3n) is 6.24. The van der Waals surface area contributed by atoms with Gasteiger partial charge in [0.25, 0.3) is 5.91 Å². The molecule has 0 saturated carbocycles. The number of carbonyl (C=O) groups excluding carboxylic acids is 2. The van der Waals surface area contributed by atoms with Crippen molar-refractivity contribution < 1.29 is 22.4 Å². The summed E-state index contributed by atoms with van der Waals surface area (Å²) in [6.07, 6.45) is 2.21. The maximum absolute atomic E-state index is 13.1. The molecule has 0 bridgehead atoms. The lowest BCUT2D eigenvalue weighted by Crippen LogP contribution is -2.53. The van der Waals surface area contributed by atoms with Crippen LogP contribution < -0.4 is 10.6 Å². The van der Waals surface area contributed by atoms with Crippen LogP contribution in [0.4, 0.5) is 5.69 Å². The number of para-hydroxylation sites is 1. The fraction of sp³-hybridized carbons (Fsp3) is 0.280. The van der Waals surface area contributed by atoms with Crippen LogP contribution in [-0.4, -0.2) is 43.2 Å². The van der Waals surface area contributed by atoms with Gasteiger partial charge in [-0.25, -0.2) is 8.42 Å². The normalized spacial score (nSPS) is 16.2. The number of fused-ring (bicyclic) bond motifs is 1. The summed E-state index contributed by atoms with van der Waals surface area (Å²) in [6, 6.07) is 13.5. The van der Waals surface area contributed by atoms with Crippen molar-refractivity contribution in [2.24, 2.45) is 0 Å². The quantitative estimate of drug-likeness (QED) is 0.520. The predicted molar refractivity (Wildman–Crippen MR) is 130 cm³/mol. The van der Waals surface area contributed by atoms with Crippen LogP contribution >= 0.6 is 0 Å². The van der Waals surface area contributed by atoms with Crippen molar-refractivity contribution in [3.63, 3.8) is 0 Å². The predicted octanol–water partition coefficient (Wildman–Crippen LogP) is 3.84. The Morgan fingerprint density at radius 3 is 2.35 bits per heavy atom. The van der Waals surface area contributed by atoms with Crippen LogP contribution in [0.2, 0.25) is 0 Å². The maximum Gasteiger partial charge on any atom is 0.291 e. The van der Waals surface area contributed by atoms with Crippen molar-refractivity contribution in [2.45, 2.75) is 37.1 Å². The van der Waals surface area contributed by atoms with E-state index in [-0.39, 0.29) is 16.6 Å². The average molecular weight is 482 g/mol. The summed E-state index contributed by atoms with van der Waals surface area (Å²) >= 11 is 0. The molecule has 1 aliphatic rings. The molecule has 1 aromatic heterocycles. The van der Waals surface area contributed by atoms with Crippen LogP contribution in [0.3, 0.4) is 0 Å². The molecule has 2 aromatic carbocycles. The molecular formula is C25H27N3O5S. The van der Waals surface area contributed by atoms with Crippen LogP contribution in [0.25, 0.3) is 11.0 Å². The van der Waals surface area contributed by atoms with E-state index in [2.05, 4.69) is 17.2 Å². The van der Waals surface area contributed by atoms with Crippen molar-refractivity contribution in [1.82, 2.24) is 9.62 Å². The highest BCUT2D eigenvalue weighted by atomic mass is 32.2. The van der Waals surface area contributed by atoms with E-state index in [1.54, 1.807) is 18.2 Å². The van der Waals surface area contributed by atoms with Gasteiger partial charge in [0.15, 0.2) is 5.76 Å². The Kier molecular flexibility index (Phi) is 6.33. The van der Waals surface area contributed by atoms with E-state index >= 15 is 0 Å². The number of anilines is 1. The van der Waals surface area contributed by atoms with Gasteiger partial charge >= 0.3 is 0 Å². The Balaban J connectivity index is 1.43. The Hall–Kier alpha value is -3.43. The number of aryl methyl sites for hydroxylation is 1.